The van der Waals surface area contributed by atoms with Crippen LogP contribution < -0.4 is 0 Å². The molecule has 0 fully saturated rings. The van der Waals surface area contributed by atoms with Crippen molar-refractivity contribution < 1.29 is 29.7 Å². The zero-order chi connectivity index (χ0) is 17.9. The summed E-state index contributed by atoms with van der Waals surface area (Å²) in [5.41, 5.74) is 1.45. The number of carboxylic acids is 3. The molecular weight excluding hydrogens is 324 g/mol. The van der Waals surface area contributed by atoms with E-state index in [-0.39, 0.29) is 22.3 Å². The summed E-state index contributed by atoms with van der Waals surface area (Å²) in [6.07, 6.45) is 0. The topological polar surface area (TPSA) is 112 Å². The van der Waals surface area contributed by atoms with E-state index in [1.165, 1.54) is 6.07 Å². The predicted octanol–water partition coefficient (Wildman–Crippen LogP) is 3.58. The van der Waals surface area contributed by atoms with Crippen molar-refractivity contribution in [2.75, 3.05) is 0 Å². The molecule has 0 radical (unpaired) electrons. The van der Waals surface area contributed by atoms with Gasteiger partial charge in [-0.25, -0.2) is 14.4 Å². The molecule has 0 bridgehead atoms. The summed E-state index contributed by atoms with van der Waals surface area (Å²) in [7, 11) is 0. The van der Waals surface area contributed by atoms with Crippen LogP contribution in [0.4, 0.5) is 0 Å². The summed E-state index contributed by atoms with van der Waals surface area (Å²) in [6.45, 7) is 0. The Morgan fingerprint density at radius 3 is 1.88 bits per heavy atom. The van der Waals surface area contributed by atoms with Crippen molar-refractivity contribution in [3.63, 3.8) is 0 Å². The number of benzene rings is 3. The van der Waals surface area contributed by atoms with E-state index in [1.807, 2.05) is 0 Å². The Morgan fingerprint density at radius 2 is 1.24 bits per heavy atom. The van der Waals surface area contributed by atoms with E-state index in [9.17, 15) is 29.7 Å². The van der Waals surface area contributed by atoms with Crippen molar-refractivity contribution in [3.8, 4) is 22.3 Å². The van der Waals surface area contributed by atoms with Gasteiger partial charge in [0, 0.05) is 11.1 Å². The van der Waals surface area contributed by atoms with Gasteiger partial charge in [0.15, 0.2) is 0 Å². The van der Waals surface area contributed by atoms with Gasteiger partial charge in [-0.2, -0.15) is 0 Å². The van der Waals surface area contributed by atoms with E-state index in [4.69, 9.17) is 0 Å². The molecule has 0 unspecified atom stereocenters. The number of fused-ring (bicyclic) bond motifs is 3. The Bertz CT molecular complexity index is 1130. The van der Waals surface area contributed by atoms with Gasteiger partial charge >= 0.3 is 17.9 Å². The maximum absolute atomic E-state index is 11.8. The summed E-state index contributed by atoms with van der Waals surface area (Å²) in [6, 6.07) is 10.8. The highest BCUT2D eigenvalue weighted by molar-refractivity contribution is 6.25. The van der Waals surface area contributed by atoms with E-state index < -0.39 is 17.9 Å². The molecule has 6 heteroatoms. The standard InChI is InChI=1S/C19H10O6/c20-17(21)11-6-2-4-9-8-3-1-5-10-12(18(22)23)7-13(19(24)25)16(14(8)10)15(9)11/h1-7H,(H,20,21)(H,22,23)(H,24,25). The van der Waals surface area contributed by atoms with Crippen LogP contribution in [0.25, 0.3) is 33.0 Å². The zero-order valence-corrected chi connectivity index (χ0v) is 12.6. The Labute approximate surface area is 140 Å². The van der Waals surface area contributed by atoms with Gasteiger partial charge in [0.25, 0.3) is 0 Å². The zero-order valence-electron chi connectivity index (χ0n) is 12.6. The van der Waals surface area contributed by atoms with Gasteiger partial charge in [-0.15, -0.1) is 0 Å². The molecule has 3 aromatic carbocycles. The van der Waals surface area contributed by atoms with Crippen LogP contribution >= 0.6 is 0 Å². The van der Waals surface area contributed by atoms with E-state index in [0.29, 0.717) is 27.5 Å². The molecule has 0 spiro atoms. The van der Waals surface area contributed by atoms with Gasteiger partial charge in [-0.05, 0) is 34.0 Å². The summed E-state index contributed by atoms with van der Waals surface area (Å²) in [4.78, 5) is 35.0. The Kier molecular flexibility index (Phi) is 2.93. The normalized spacial score (nSPS) is 11.4. The van der Waals surface area contributed by atoms with Crippen LogP contribution in [0, 0.1) is 0 Å². The smallest absolute Gasteiger partial charge is 0.336 e. The molecular formula is C19H10O6. The monoisotopic (exact) mass is 334 g/mol. The van der Waals surface area contributed by atoms with Crippen LogP contribution in [0.5, 0.6) is 0 Å². The van der Waals surface area contributed by atoms with Crippen molar-refractivity contribution in [1.82, 2.24) is 0 Å². The fraction of sp³-hybridized carbons (Fsp3) is 0. The third-order valence-corrected chi connectivity index (χ3v) is 4.46. The molecule has 0 amide bonds. The first-order chi connectivity index (χ1) is 11.9. The second kappa shape index (κ2) is 4.91. The SMILES string of the molecule is O=C(O)c1cccc2c1-c1c(C(=O)O)cc(C(=O)O)c3cccc-2c13. The quantitative estimate of drug-likeness (QED) is 0.528. The third-order valence-electron chi connectivity index (χ3n) is 4.46. The van der Waals surface area contributed by atoms with Crippen molar-refractivity contribution >= 4 is 28.7 Å². The summed E-state index contributed by atoms with van der Waals surface area (Å²) in [5.74, 6) is -3.71. The molecule has 0 aliphatic heterocycles. The van der Waals surface area contributed by atoms with Gasteiger partial charge in [0.1, 0.15) is 0 Å². The molecule has 3 aromatic rings. The fourth-order valence-corrected chi connectivity index (χ4v) is 3.53. The molecule has 6 nitrogen and oxygen atoms in total. The Balaban J connectivity index is 2.29. The van der Waals surface area contributed by atoms with Gasteiger partial charge in [-0.1, -0.05) is 30.3 Å². The predicted molar refractivity (Wildman–Crippen MR) is 89.3 cm³/mol. The molecule has 0 aromatic heterocycles. The first-order valence-corrected chi connectivity index (χ1v) is 7.35. The summed E-state index contributed by atoms with van der Waals surface area (Å²) in [5, 5.41) is 29.4. The Morgan fingerprint density at radius 1 is 0.640 bits per heavy atom. The lowest BCUT2D eigenvalue weighted by molar-refractivity contribution is 0.0681. The average Bonchev–Trinajstić information content (AvgIpc) is 2.91. The lowest BCUT2D eigenvalue weighted by Crippen LogP contribution is -2.07. The molecule has 0 saturated heterocycles. The van der Waals surface area contributed by atoms with Gasteiger partial charge in [0.2, 0.25) is 0 Å². The van der Waals surface area contributed by atoms with Crippen LogP contribution in [0.3, 0.4) is 0 Å². The van der Waals surface area contributed by atoms with Crippen molar-refractivity contribution in [3.05, 3.63) is 59.2 Å². The van der Waals surface area contributed by atoms with Crippen LogP contribution in [0.15, 0.2) is 42.5 Å². The minimum absolute atomic E-state index is 0.0134. The fourth-order valence-electron chi connectivity index (χ4n) is 3.53. The van der Waals surface area contributed by atoms with Crippen LogP contribution in [-0.4, -0.2) is 33.2 Å². The first kappa shape index (κ1) is 14.9. The molecule has 3 N–H and O–H groups in total. The number of hydrogen-bond donors (Lipinski definition) is 3. The van der Waals surface area contributed by atoms with E-state index in [1.54, 1.807) is 30.3 Å². The molecule has 0 saturated carbocycles. The van der Waals surface area contributed by atoms with E-state index >= 15 is 0 Å². The van der Waals surface area contributed by atoms with Crippen LogP contribution in [0.1, 0.15) is 31.1 Å². The molecule has 0 heterocycles. The average molecular weight is 334 g/mol. The molecule has 4 rings (SSSR count). The van der Waals surface area contributed by atoms with Gasteiger partial charge < -0.3 is 15.3 Å². The van der Waals surface area contributed by atoms with E-state index in [0.717, 1.165) is 6.07 Å². The lowest BCUT2D eigenvalue weighted by Gasteiger charge is -2.11. The second-order valence-corrected chi connectivity index (χ2v) is 5.72. The second-order valence-electron chi connectivity index (χ2n) is 5.72. The maximum atomic E-state index is 11.8. The highest BCUT2D eigenvalue weighted by Crippen LogP contribution is 2.51. The molecule has 25 heavy (non-hydrogen) atoms. The largest absolute Gasteiger partial charge is 0.478 e. The highest BCUT2D eigenvalue weighted by atomic mass is 16.4. The number of carbonyl (C=O) groups is 3. The molecule has 0 atom stereocenters. The maximum Gasteiger partial charge on any atom is 0.336 e. The van der Waals surface area contributed by atoms with Crippen molar-refractivity contribution in [1.29, 1.82) is 0 Å². The highest BCUT2D eigenvalue weighted by Gasteiger charge is 2.32. The number of aromatic carboxylic acids is 3. The third kappa shape index (κ3) is 1.88. The van der Waals surface area contributed by atoms with Crippen molar-refractivity contribution in [2.24, 2.45) is 0 Å². The summed E-state index contributed by atoms with van der Waals surface area (Å²) < 4.78 is 0. The lowest BCUT2D eigenvalue weighted by atomic mass is 9.92. The number of carboxylic acid groups (broad SMARTS) is 3. The molecule has 1 aliphatic rings. The van der Waals surface area contributed by atoms with Gasteiger partial charge in [-0.3, -0.25) is 0 Å². The summed E-state index contributed by atoms with van der Waals surface area (Å²) >= 11 is 0. The van der Waals surface area contributed by atoms with Crippen LogP contribution in [-0.2, 0) is 0 Å². The number of hydrogen-bond acceptors (Lipinski definition) is 3. The Hall–Kier alpha value is -3.67. The van der Waals surface area contributed by atoms with Crippen LogP contribution in [0.2, 0.25) is 0 Å². The first-order valence-electron chi connectivity index (χ1n) is 7.35. The minimum atomic E-state index is -1.30. The van der Waals surface area contributed by atoms with Crippen molar-refractivity contribution in [2.45, 2.75) is 0 Å². The molecule has 1 aliphatic carbocycles. The molecule has 122 valence electrons. The van der Waals surface area contributed by atoms with E-state index in [2.05, 4.69) is 0 Å². The number of rotatable bonds is 3. The minimum Gasteiger partial charge on any atom is -0.478 e. The van der Waals surface area contributed by atoms with Gasteiger partial charge in [0.05, 0.1) is 16.7 Å².